The fourth-order valence-corrected chi connectivity index (χ4v) is 3.64. The van der Waals surface area contributed by atoms with Gasteiger partial charge in [0.1, 0.15) is 18.0 Å². The molecule has 31 heavy (non-hydrogen) atoms. The van der Waals surface area contributed by atoms with Gasteiger partial charge < -0.3 is 14.2 Å². The summed E-state index contributed by atoms with van der Waals surface area (Å²) in [5.74, 6) is 0.0135. The van der Waals surface area contributed by atoms with E-state index in [-0.39, 0.29) is 25.2 Å². The van der Waals surface area contributed by atoms with E-state index in [0.29, 0.717) is 13.2 Å². The predicted octanol–water partition coefficient (Wildman–Crippen LogP) is 4.77. The van der Waals surface area contributed by atoms with Crippen LogP contribution in [0.15, 0.2) is 78.4 Å². The van der Waals surface area contributed by atoms with E-state index in [2.05, 4.69) is 16.6 Å². The van der Waals surface area contributed by atoms with Crippen molar-refractivity contribution in [2.45, 2.75) is 50.5 Å². The molecule has 2 aromatic carbocycles. The number of hydrogen-bond acceptors (Lipinski definition) is 5. The number of carbonyl (C=O) groups excluding carboxylic acids is 1. The predicted molar refractivity (Wildman–Crippen MR) is 117 cm³/mol. The lowest BCUT2D eigenvalue weighted by Crippen LogP contribution is -2.39. The Hall–Kier alpha value is -2.96. The molecule has 2 aromatic rings. The molecule has 7 nitrogen and oxygen atoms in total. The summed E-state index contributed by atoms with van der Waals surface area (Å²) in [5, 5.41) is 3.68. The second-order valence-electron chi connectivity index (χ2n) is 7.38. The Bertz CT molecular complexity index is 884. The second kappa shape index (κ2) is 12.0. The number of nitrogens with zero attached hydrogens (tertiary/aromatic N) is 3. The summed E-state index contributed by atoms with van der Waals surface area (Å²) in [5.41, 5.74) is 10.8. The molecule has 1 saturated heterocycles. The van der Waals surface area contributed by atoms with Crippen molar-refractivity contribution < 1.29 is 19.0 Å². The molecular formula is C24H27N3O4. The molecule has 3 rings (SSSR count). The molecule has 1 fully saturated rings. The van der Waals surface area contributed by atoms with Crippen molar-refractivity contribution in [2.75, 3.05) is 6.54 Å². The first kappa shape index (κ1) is 22.7. The molecule has 0 saturated carbocycles. The average molecular weight is 421 g/mol. The van der Waals surface area contributed by atoms with Gasteiger partial charge in [-0.05, 0) is 16.7 Å². The van der Waals surface area contributed by atoms with Crippen molar-refractivity contribution >= 4 is 5.78 Å². The van der Waals surface area contributed by atoms with Crippen LogP contribution in [0.2, 0.25) is 0 Å². The standard InChI is InChI=1S/C24H27N3O4/c1-2-9-20(28)14-21-23(29-16-18-10-5-3-6-11-18)24(22(31-21)15-26-27-25)30-17-19-12-7-4-8-13-19/h2-8,10-13,21-24H,1,9,14-17H2/t21?,22-,23-,24-/m1/s1. The minimum Gasteiger partial charge on any atom is -0.369 e. The molecule has 1 aliphatic rings. The van der Waals surface area contributed by atoms with Crippen LogP contribution in [0, 0.1) is 0 Å². The van der Waals surface area contributed by atoms with Gasteiger partial charge in [-0.25, -0.2) is 0 Å². The zero-order chi connectivity index (χ0) is 21.9. The molecule has 0 N–H and O–H groups in total. The third-order valence-corrected chi connectivity index (χ3v) is 5.10. The monoisotopic (exact) mass is 421 g/mol. The zero-order valence-corrected chi connectivity index (χ0v) is 17.4. The molecule has 1 unspecified atom stereocenters. The fourth-order valence-electron chi connectivity index (χ4n) is 3.64. The number of ketones is 1. The highest BCUT2D eigenvalue weighted by atomic mass is 16.6. The molecule has 4 atom stereocenters. The van der Waals surface area contributed by atoms with Crippen LogP contribution in [0.5, 0.6) is 0 Å². The highest BCUT2D eigenvalue weighted by Gasteiger charge is 2.46. The molecule has 0 amide bonds. The Balaban J connectivity index is 1.78. The lowest BCUT2D eigenvalue weighted by atomic mass is 10.0. The van der Waals surface area contributed by atoms with Crippen LogP contribution in [-0.2, 0) is 32.2 Å². The minimum atomic E-state index is -0.498. The van der Waals surface area contributed by atoms with E-state index >= 15 is 0 Å². The highest BCUT2D eigenvalue weighted by molar-refractivity contribution is 5.80. The van der Waals surface area contributed by atoms with Crippen LogP contribution >= 0.6 is 0 Å². The average Bonchev–Trinajstić information content (AvgIpc) is 3.12. The van der Waals surface area contributed by atoms with Gasteiger partial charge in [-0.1, -0.05) is 71.9 Å². The highest BCUT2D eigenvalue weighted by Crippen LogP contribution is 2.31. The summed E-state index contributed by atoms with van der Waals surface area (Å²) in [4.78, 5) is 15.2. The van der Waals surface area contributed by atoms with Gasteiger partial charge in [-0.15, -0.1) is 6.58 Å². The molecular weight excluding hydrogens is 394 g/mol. The summed E-state index contributed by atoms with van der Waals surface area (Å²) < 4.78 is 18.5. The lowest BCUT2D eigenvalue weighted by Gasteiger charge is -2.25. The van der Waals surface area contributed by atoms with Gasteiger partial charge in [-0.2, -0.15) is 0 Å². The van der Waals surface area contributed by atoms with Gasteiger partial charge in [0.15, 0.2) is 0 Å². The Morgan fingerprint density at radius 2 is 1.55 bits per heavy atom. The number of Topliss-reactive ketones (excluding diaryl/α,β-unsaturated/α-hetero) is 1. The molecule has 0 aliphatic carbocycles. The molecule has 0 radical (unpaired) electrons. The number of ether oxygens (including phenoxy) is 3. The van der Waals surface area contributed by atoms with Gasteiger partial charge in [0, 0.05) is 17.8 Å². The van der Waals surface area contributed by atoms with Crippen molar-refractivity contribution in [3.8, 4) is 0 Å². The molecule has 162 valence electrons. The SMILES string of the molecule is C=CCC(=O)CC1O[C@H](CN=[N+]=[N-])[C@@H](OCc2ccccc2)[C@@H]1OCc1ccccc1. The van der Waals surface area contributed by atoms with E-state index in [9.17, 15) is 4.79 Å². The number of carbonyl (C=O) groups is 1. The van der Waals surface area contributed by atoms with E-state index in [4.69, 9.17) is 19.7 Å². The first-order chi connectivity index (χ1) is 15.2. The van der Waals surface area contributed by atoms with E-state index < -0.39 is 24.4 Å². The second-order valence-corrected chi connectivity index (χ2v) is 7.38. The quantitative estimate of drug-likeness (QED) is 0.213. The maximum Gasteiger partial charge on any atom is 0.139 e. The summed E-state index contributed by atoms with van der Waals surface area (Å²) >= 11 is 0. The maximum atomic E-state index is 12.3. The van der Waals surface area contributed by atoms with Gasteiger partial charge in [0.25, 0.3) is 0 Å². The third-order valence-electron chi connectivity index (χ3n) is 5.10. The molecule has 0 aromatic heterocycles. The van der Waals surface area contributed by atoms with E-state index in [1.165, 1.54) is 0 Å². The number of benzene rings is 2. The summed E-state index contributed by atoms with van der Waals surface area (Å²) in [6, 6.07) is 19.6. The van der Waals surface area contributed by atoms with Crippen molar-refractivity contribution in [1.29, 1.82) is 0 Å². The first-order valence-corrected chi connectivity index (χ1v) is 10.3. The van der Waals surface area contributed by atoms with Crippen LogP contribution in [0.4, 0.5) is 0 Å². The first-order valence-electron chi connectivity index (χ1n) is 10.3. The minimum absolute atomic E-state index is 0.0135. The van der Waals surface area contributed by atoms with Crippen molar-refractivity contribution in [3.05, 3.63) is 94.9 Å². The third kappa shape index (κ3) is 6.77. The molecule has 7 heteroatoms. The smallest absolute Gasteiger partial charge is 0.139 e. The Morgan fingerprint density at radius 1 is 1.00 bits per heavy atom. The van der Waals surface area contributed by atoms with Crippen molar-refractivity contribution in [2.24, 2.45) is 5.11 Å². The summed E-state index contributed by atoms with van der Waals surface area (Å²) in [6.45, 7) is 4.46. The fraction of sp³-hybridized carbons (Fsp3) is 0.375. The van der Waals surface area contributed by atoms with Gasteiger partial charge in [0.05, 0.1) is 32.0 Å². The van der Waals surface area contributed by atoms with Crippen LogP contribution in [0.25, 0.3) is 10.4 Å². The molecule has 0 bridgehead atoms. The normalized spacial score (nSPS) is 22.6. The van der Waals surface area contributed by atoms with E-state index in [0.717, 1.165) is 11.1 Å². The number of hydrogen-bond donors (Lipinski definition) is 0. The molecule has 1 aliphatic heterocycles. The molecule has 0 spiro atoms. The van der Waals surface area contributed by atoms with Crippen LogP contribution in [-0.4, -0.2) is 36.7 Å². The van der Waals surface area contributed by atoms with Crippen LogP contribution in [0.3, 0.4) is 0 Å². The topological polar surface area (TPSA) is 93.5 Å². The number of azide groups is 1. The van der Waals surface area contributed by atoms with Gasteiger partial charge in [0.2, 0.25) is 0 Å². The van der Waals surface area contributed by atoms with Crippen LogP contribution < -0.4 is 0 Å². The zero-order valence-electron chi connectivity index (χ0n) is 17.4. The van der Waals surface area contributed by atoms with Crippen molar-refractivity contribution in [3.63, 3.8) is 0 Å². The van der Waals surface area contributed by atoms with Gasteiger partial charge >= 0.3 is 0 Å². The molecule has 1 heterocycles. The number of rotatable bonds is 12. The van der Waals surface area contributed by atoms with Crippen molar-refractivity contribution in [1.82, 2.24) is 0 Å². The van der Waals surface area contributed by atoms with Crippen LogP contribution in [0.1, 0.15) is 24.0 Å². The lowest BCUT2D eigenvalue weighted by molar-refractivity contribution is -0.123. The Morgan fingerprint density at radius 3 is 2.06 bits per heavy atom. The number of allylic oxidation sites excluding steroid dienone is 1. The Labute approximate surface area is 182 Å². The summed E-state index contributed by atoms with van der Waals surface area (Å²) in [6.07, 6.45) is 0.0914. The van der Waals surface area contributed by atoms with E-state index in [1.807, 2.05) is 60.7 Å². The Kier molecular flexibility index (Phi) is 8.82. The summed E-state index contributed by atoms with van der Waals surface area (Å²) in [7, 11) is 0. The largest absolute Gasteiger partial charge is 0.369 e. The van der Waals surface area contributed by atoms with E-state index in [1.54, 1.807) is 6.08 Å². The van der Waals surface area contributed by atoms with Gasteiger partial charge in [-0.3, -0.25) is 4.79 Å². The maximum absolute atomic E-state index is 12.3.